The zero-order valence-corrected chi connectivity index (χ0v) is 8.30. The second kappa shape index (κ2) is 2.94. The summed E-state index contributed by atoms with van der Waals surface area (Å²) in [5, 5.41) is 8.65. The molecule has 0 unspecified atom stereocenters. The molecule has 0 aromatic carbocycles. The van der Waals surface area contributed by atoms with Crippen molar-refractivity contribution in [3.8, 4) is 0 Å². The summed E-state index contributed by atoms with van der Waals surface area (Å²) in [6.45, 7) is 6.40. The van der Waals surface area contributed by atoms with E-state index in [-0.39, 0.29) is 18.5 Å². The van der Waals surface area contributed by atoms with Crippen LogP contribution < -0.4 is 0 Å². The quantitative estimate of drug-likeness (QED) is 0.675. The summed E-state index contributed by atoms with van der Waals surface area (Å²) in [6, 6.07) is 0. The van der Waals surface area contributed by atoms with Crippen molar-refractivity contribution < 1.29 is 14.3 Å². The van der Waals surface area contributed by atoms with Crippen molar-refractivity contribution in [1.82, 2.24) is 4.90 Å². The van der Waals surface area contributed by atoms with Gasteiger partial charge in [0.2, 0.25) is 5.67 Å². The predicted molar refractivity (Wildman–Crippen MR) is 47.4 cm³/mol. The van der Waals surface area contributed by atoms with Gasteiger partial charge in [-0.3, -0.25) is 4.90 Å². The minimum Gasteiger partial charge on any atom is -0.479 e. The van der Waals surface area contributed by atoms with Crippen molar-refractivity contribution in [3.05, 3.63) is 0 Å². The van der Waals surface area contributed by atoms with Gasteiger partial charge in [0.15, 0.2) is 0 Å². The Balaban J connectivity index is 2.69. The van der Waals surface area contributed by atoms with Crippen LogP contribution >= 0.6 is 0 Å². The van der Waals surface area contributed by atoms with Gasteiger partial charge in [-0.05, 0) is 20.8 Å². The highest BCUT2D eigenvalue weighted by Gasteiger charge is 2.47. The standard InChI is InChI=1S/C9H16FNO2/c1-8(2,3)11-5-4-9(10,6-11)7(12)13/h4-6H2,1-3H3,(H,12,13)/t9-/m0/s1. The zero-order chi connectivity index (χ0) is 10.3. The van der Waals surface area contributed by atoms with Crippen LogP contribution in [0, 0.1) is 0 Å². The predicted octanol–water partition coefficient (Wildman–Crippen LogP) is 1.28. The van der Waals surface area contributed by atoms with Crippen molar-refractivity contribution in [2.24, 2.45) is 0 Å². The van der Waals surface area contributed by atoms with Crippen LogP contribution in [-0.2, 0) is 4.79 Å². The molecule has 3 nitrogen and oxygen atoms in total. The Bertz CT molecular complexity index is 224. The number of alkyl halides is 1. The minimum absolute atomic E-state index is 0.00579. The number of aliphatic carboxylic acids is 1. The molecule has 1 N–H and O–H groups in total. The van der Waals surface area contributed by atoms with Crippen LogP contribution in [0.25, 0.3) is 0 Å². The molecule has 1 aliphatic heterocycles. The van der Waals surface area contributed by atoms with Crippen LogP contribution in [0.3, 0.4) is 0 Å². The lowest BCUT2D eigenvalue weighted by atomic mass is 10.1. The third-order valence-corrected chi connectivity index (χ3v) is 2.55. The molecule has 0 aromatic heterocycles. The first-order chi connectivity index (χ1) is 5.76. The van der Waals surface area contributed by atoms with Crippen molar-refractivity contribution in [2.45, 2.75) is 38.4 Å². The summed E-state index contributed by atoms with van der Waals surface area (Å²) in [5.41, 5.74) is -2.18. The number of carboxylic acid groups (broad SMARTS) is 1. The third kappa shape index (κ3) is 1.99. The summed E-state index contributed by atoms with van der Waals surface area (Å²) in [6.07, 6.45) is 0.0968. The summed E-state index contributed by atoms with van der Waals surface area (Å²) in [5.74, 6) is -1.33. The lowest BCUT2D eigenvalue weighted by Gasteiger charge is -2.31. The maximum absolute atomic E-state index is 13.6. The van der Waals surface area contributed by atoms with E-state index in [2.05, 4.69) is 0 Å². The van der Waals surface area contributed by atoms with Crippen LogP contribution in [0.5, 0.6) is 0 Å². The van der Waals surface area contributed by atoms with Gasteiger partial charge in [0.1, 0.15) is 0 Å². The van der Waals surface area contributed by atoms with Crippen LogP contribution in [0.15, 0.2) is 0 Å². The highest BCUT2D eigenvalue weighted by molar-refractivity contribution is 5.78. The average molecular weight is 189 g/mol. The second-order valence-corrected chi connectivity index (χ2v) is 4.61. The molecule has 1 saturated heterocycles. The van der Waals surface area contributed by atoms with Gasteiger partial charge < -0.3 is 5.11 Å². The summed E-state index contributed by atoms with van der Waals surface area (Å²) in [7, 11) is 0. The van der Waals surface area contributed by atoms with E-state index in [0.29, 0.717) is 6.54 Å². The van der Waals surface area contributed by atoms with Crippen LogP contribution in [0.2, 0.25) is 0 Å². The first-order valence-corrected chi connectivity index (χ1v) is 4.43. The van der Waals surface area contributed by atoms with Gasteiger partial charge in [0.05, 0.1) is 0 Å². The number of hydrogen-bond acceptors (Lipinski definition) is 2. The van der Waals surface area contributed by atoms with Crippen LogP contribution in [0.4, 0.5) is 4.39 Å². The average Bonchev–Trinajstić information content (AvgIpc) is 2.31. The molecule has 0 amide bonds. The largest absolute Gasteiger partial charge is 0.479 e. The lowest BCUT2D eigenvalue weighted by Crippen LogP contribution is -2.44. The van der Waals surface area contributed by atoms with E-state index in [0.717, 1.165) is 0 Å². The van der Waals surface area contributed by atoms with Gasteiger partial charge >= 0.3 is 5.97 Å². The Morgan fingerprint density at radius 1 is 1.54 bits per heavy atom. The van der Waals surface area contributed by atoms with E-state index in [9.17, 15) is 9.18 Å². The molecular formula is C9H16FNO2. The molecule has 1 fully saturated rings. The first-order valence-electron chi connectivity index (χ1n) is 4.43. The second-order valence-electron chi connectivity index (χ2n) is 4.61. The Morgan fingerprint density at radius 3 is 2.31 bits per heavy atom. The van der Waals surface area contributed by atoms with E-state index >= 15 is 0 Å². The smallest absolute Gasteiger partial charge is 0.342 e. The zero-order valence-electron chi connectivity index (χ0n) is 8.30. The van der Waals surface area contributed by atoms with Crippen molar-refractivity contribution in [3.63, 3.8) is 0 Å². The number of rotatable bonds is 1. The highest BCUT2D eigenvalue weighted by Crippen LogP contribution is 2.30. The minimum atomic E-state index is -2.03. The van der Waals surface area contributed by atoms with Gasteiger partial charge in [-0.15, -0.1) is 0 Å². The fraction of sp³-hybridized carbons (Fsp3) is 0.889. The molecule has 0 bridgehead atoms. The normalized spacial score (nSPS) is 30.8. The van der Waals surface area contributed by atoms with Gasteiger partial charge in [-0.1, -0.05) is 0 Å². The molecule has 1 atom stereocenters. The highest BCUT2D eigenvalue weighted by atomic mass is 19.1. The first kappa shape index (κ1) is 10.4. The fourth-order valence-electron chi connectivity index (χ4n) is 1.52. The molecule has 1 rings (SSSR count). The Hall–Kier alpha value is -0.640. The van der Waals surface area contributed by atoms with Crippen molar-refractivity contribution in [1.29, 1.82) is 0 Å². The summed E-state index contributed by atoms with van der Waals surface area (Å²) < 4.78 is 13.6. The maximum atomic E-state index is 13.6. The molecule has 13 heavy (non-hydrogen) atoms. The summed E-state index contributed by atoms with van der Waals surface area (Å²) in [4.78, 5) is 12.5. The molecule has 1 aliphatic rings. The topological polar surface area (TPSA) is 40.5 Å². The molecule has 0 radical (unpaired) electrons. The monoisotopic (exact) mass is 189 g/mol. The molecular weight excluding hydrogens is 173 g/mol. The van der Waals surface area contributed by atoms with Crippen LogP contribution in [0.1, 0.15) is 27.2 Å². The van der Waals surface area contributed by atoms with E-state index in [1.807, 2.05) is 25.7 Å². The van der Waals surface area contributed by atoms with Gasteiger partial charge in [-0.25, -0.2) is 9.18 Å². The number of likely N-dealkylation sites (tertiary alicyclic amines) is 1. The Morgan fingerprint density at radius 2 is 2.08 bits per heavy atom. The van der Waals surface area contributed by atoms with Crippen molar-refractivity contribution >= 4 is 5.97 Å². The SMILES string of the molecule is CC(C)(C)N1CC[C@@](F)(C(=O)O)C1. The van der Waals surface area contributed by atoms with E-state index in [1.54, 1.807) is 0 Å². The van der Waals surface area contributed by atoms with Crippen LogP contribution in [-0.4, -0.2) is 40.3 Å². The molecule has 76 valence electrons. The van der Waals surface area contributed by atoms with E-state index < -0.39 is 11.6 Å². The molecule has 1 heterocycles. The van der Waals surface area contributed by atoms with Gasteiger partial charge in [-0.2, -0.15) is 0 Å². The Kier molecular flexibility index (Phi) is 2.36. The molecule has 0 spiro atoms. The molecule has 0 saturated carbocycles. The summed E-state index contributed by atoms with van der Waals surface area (Å²) >= 11 is 0. The number of nitrogens with zero attached hydrogens (tertiary/aromatic N) is 1. The number of carboxylic acids is 1. The van der Waals surface area contributed by atoms with E-state index in [1.165, 1.54) is 0 Å². The lowest BCUT2D eigenvalue weighted by molar-refractivity contribution is -0.150. The number of hydrogen-bond donors (Lipinski definition) is 1. The molecule has 0 aliphatic carbocycles. The number of carbonyl (C=O) groups is 1. The van der Waals surface area contributed by atoms with Gasteiger partial charge in [0, 0.05) is 25.0 Å². The van der Waals surface area contributed by atoms with Gasteiger partial charge in [0.25, 0.3) is 0 Å². The van der Waals surface area contributed by atoms with E-state index in [4.69, 9.17) is 5.11 Å². The Labute approximate surface area is 77.5 Å². The fourth-order valence-corrected chi connectivity index (χ4v) is 1.52. The van der Waals surface area contributed by atoms with Crippen molar-refractivity contribution in [2.75, 3.05) is 13.1 Å². The number of halogens is 1. The maximum Gasteiger partial charge on any atom is 0.342 e. The third-order valence-electron chi connectivity index (χ3n) is 2.55. The molecule has 0 aromatic rings. The molecule has 4 heteroatoms.